The summed E-state index contributed by atoms with van der Waals surface area (Å²) in [7, 11) is 0. The second kappa shape index (κ2) is 7.56. The highest BCUT2D eigenvalue weighted by Gasteiger charge is 2.88. The molecule has 1 spiro atoms. The second-order valence-electron chi connectivity index (χ2n) is 15.4. The van der Waals surface area contributed by atoms with Gasteiger partial charge in [-0.1, -0.05) is 41.5 Å². The number of carbonyl (C=O) groups excluding carboxylic acids is 1. The Hall–Kier alpha value is -0.530. The van der Waals surface area contributed by atoms with Gasteiger partial charge in [0, 0.05) is 23.7 Å². The van der Waals surface area contributed by atoms with E-state index in [1.807, 2.05) is 0 Å². The van der Waals surface area contributed by atoms with Crippen molar-refractivity contribution in [3.05, 3.63) is 0 Å². The molecule has 11 atom stereocenters. The van der Waals surface area contributed by atoms with Gasteiger partial charge in [0.1, 0.15) is 23.1 Å². The van der Waals surface area contributed by atoms with Crippen LogP contribution in [0.4, 0.5) is 0 Å². The molecule has 6 nitrogen and oxygen atoms in total. The van der Waals surface area contributed by atoms with Crippen molar-refractivity contribution in [1.29, 1.82) is 0 Å². The Morgan fingerprint density at radius 3 is 2.31 bits per heavy atom. The second-order valence-corrected chi connectivity index (χ2v) is 15.4. The highest BCUT2D eigenvalue weighted by molar-refractivity contribution is 5.85. The van der Waals surface area contributed by atoms with E-state index in [1.165, 1.54) is 13.8 Å². The molecule has 0 unspecified atom stereocenters. The summed E-state index contributed by atoms with van der Waals surface area (Å²) in [5.74, 6) is 0.745. The normalized spacial score (nSPS) is 51.9. The third-order valence-corrected chi connectivity index (χ3v) is 13.1. The number of hydrogen-bond acceptors (Lipinski definition) is 6. The third kappa shape index (κ3) is 3.00. The predicted octanol–water partition coefficient (Wildman–Crippen LogP) is 4.01. The summed E-state index contributed by atoms with van der Waals surface area (Å²) in [5.41, 5.74) is -2.91. The van der Waals surface area contributed by atoms with Crippen molar-refractivity contribution in [3.63, 3.8) is 0 Å². The van der Waals surface area contributed by atoms with Crippen LogP contribution in [0.2, 0.25) is 0 Å². The molecule has 4 saturated carbocycles. The van der Waals surface area contributed by atoms with Gasteiger partial charge in [-0.25, -0.2) is 0 Å². The van der Waals surface area contributed by atoms with Gasteiger partial charge in [0.2, 0.25) is 0 Å². The molecular weight excluding hydrogens is 456 g/mol. The minimum absolute atomic E-state index is 0.0168. The Labute approximate surface area is 217 Å². The van der Waals surface area contributed by atoms with E-state index in [0.29, 0.717) is 25.0 Å². The van der Waals surface area contributed by atoms with E-state index in [9.17, 15) is 25.2 Å². The van der Waals surface area contributed by atoms with Crippen LogP contribution in [0, 0.1) is 39.4 Å². The highest BCUT2D eigenvalue weighted by Crippen LogP contribution is 2.84. The number of Topliss-reactive ketones (excluding diaryl/α,β-unsaturated/α-hetero) is 1. The molecule has 6 heteroatoms. The molecule has 0 aromatic rings. The standard InChI is InChI=1S/C30H50O6/c1-17(15-18(31)23(34)25(4,5)35)29-14-13-28(8)27(7)12-9-20-24(2,3)21(33)10-11-26(20,6)22(27)19(32)16-30(28,29)36-29/h17-20,22-23,31-32,34-35H,9-16H2,1-8H3/t17-,18+,19+,20-,22+,23-,26+,27+,28-,29-,30-/m1/s1. The maximum absolute atomic E-state index is 12.9. The average molecular weight is 507 g/mol. The number of fused-ring (bicyclic) bond motifs is 4. The number of hydrogen-bond donors (Lipinski definition) is 4. The van der Waals surface area contributed by atoms with Gasteiger partial charge < -0.3 is 25.2 Å². The fourth-order valence-corrected chi connectivity index (χ4v) is 11.0. The lowest BCUT2D eigenvalue weighted by atomic mass is 9.35. The minimum Gasteiger partial charge on any atom is -0.393 e. The zero-order valence-electron chi connectivity index (χ0n) is 23.7. The van der Waals surface area contributed by atoms with Crippen molar-refractivity contribution < 1.29 is 30.0 Å². The van der Waals surface area contributed by atoms with Crippen molar-refractivity contribution in [3.8, 4) is 0 Å². The summed E-state index contributed by atoms with van der Waals surface area (Å²) in [5, 5.41) is 43.4. The highest BCUT2D eigenvalue weighted by atomic mass is 16.6. The molecule has 5 rings (SSSR count). The summed E-state index contributed by atoms with van der Waals surface area (Å²) in [6.45, 7) is 16.5. The van der Waals surface area contributed by atoms with Crippen LogP contribution < -0.4 is 0 Å². The van der Waals surface area contributed by atoms with Gasteiger partial charge in [-0.3, -0.25) is 4.79 Å². The lowest BCUT2D eigenvalue weighted by Crippen LogP contribution is -2.69. The molecule has 36 heavy (non-hydrogen) atoms. The maximum Gasteiger partial charge on any atom is 0.138 e. The molecule has 5 aliphatic rings. The Morgan fingerprint density at radius 1 is 1.06 bits per heavy atom. The largest absolute Gasteiger partial charge is 0.393 e. The molecule has 1 saturated heterocycles. The van der Waals surface area contributed by atoms with Crippen LogP contribution in [-0.2, 0) is 9.53 Å². The van der Waals surface area contributed by atoms with Gasteiger partial charge in [0.05, 0.1) is 17.8 Å². The van der Waals surface area contributed by atoms with E-state index in [0.717, 1.165) is 32.1 Å². The maximum atomic E-state index is 12.9. The van der Waals surface area contributed by atoms with E-state index in [4.69, 9.17) is 4.74 Å². The minimum atomic E-state index is -1.38. The number of ketones is 1. The molecule has 0 aromatic heterocycles. The van der Waals surface area contributed by atoms with Crippen LogP contribution in [0.3, 0.4) is 0 Å². The van der Waals surface area contributed by atoms with E-state index in [1.54, 1.807) is 0 Å². The topological polar surface area (TPSA) is 111 Å². The quantitative estimate of drug-likeness (QED) is 0.420. The zero-order valence-corrected chi connectivity index (χ0v) is 23.7. The predicted molar refractivity (Wildman–Crippen MR) is 137 cm³/mol. The smallest absolute Gasteiger partial charge is 0.138 e. The molecule has 0 radical (unpaired) electrons. The van der Waals surface area contributed by atoms with Gasteiger partial charge >= 0.3 is 0 Å². The van der Waals surface area contributed by atoms with Gasteiger partial charge in [-0.05, 0) is 81.0 Å². The fourth-order valence-electron chi connectivity index (χ4n) is 11.0. The first-order chi connectivity index (χ1) is 16.3. The summed E-state index contributed by atoms with van der Waals surface area (Å²) in [4.78, 5) is 12.9. The van der Waals surface area contributed by atoms with Crippen LogP contribution in [0.15, 0.2) is 0 Å². The molecule has 206 valence electrons. The van der Waals surface area contributed by atoms with Crippen molar-refractivity contribution in [2.75, 3.05) is 0 Å². The average Bonchev–Trinajstić information content (AvgIpc) is 3.34. The van der Waals surface area contributed by atoms with Gasteiger partial charge in [-0.2, -0.15) is 0 Å². The third-order valence-electron chi connectivity index (χ3n) is 13.1. The number of aliphatic hydroxyl groups is 4. The Bertz CT molecular complexity index is 940. The first kappa shape index (κ1) is 27.1. The van der Waals surface area contributed by atoms with Crippen LogP contribution >= 0.6 is 0 Å². The van der Waals surface area contributed by atoms with E-state index >= 15 is 0 Å². The summed E-state index contributed by atoms with van der Waals surface area (Å²) in [6.07, 6.45) is 3.49. The molecule has 1 heterocycles. The molecule has 0 amide bonds. The van der Waals surface area contributed by atoms with Crippen molar-refractivity contribution in [2.24, 2.45) is 39.4 Å². The van der Waals surface area contributed by atoms with E-state index < -0.39 is 35.1 Å². The van der Waals surface area contributed by atoms with Crippen LogP contribution in [0.25, 0.3) is 0 Å². The van der Waals surface area contributed by atoms with E-state index in [2.05, 4.69) is 41.5 Å². The summed E-state index contributed by atoms with van der Waals surface area (Å²) < 4.78 is 6.81. The fraction of sp³-hybridized carbons (Fsp3) is 0.967. The van der Waals surface area contributed by atoms with Gasteiger partial charge in [0.25, 0.3) is 0 Å². The summed E-state index contributed by atoms with van der Waals surface area (Å²) >= 11 is 0. The zero-order chi connectivity index (χ0) is 26.9. The molecule has 4 N–H and O–H groups in total. The first-order valence-corrected chi connectivity index (χ1v) is 14.3. The molecule has 1 aliphatic heterocycles. The number of carbonyl (C=O) groups is 1. The molecule has 5 fully saturated rings. The molecular formula is C30H50O6. The monoisotopic (exact) mass is 506 g/mol. The number of aliphatic hydroxyl groups excluding tert-OH is 3. The van der Waals surface area contributed by atoms with Crippen molar-refractivity contribution >= 4 is 5.78 Å². The molecule has 0 aromatic carbocycles. The number of epoxide rings is 1. The van der Waals surface area contributed by atoms with Crippen molar-refractivity contribution in [1.82, 2.24) is 0 Å². The number of rotatable bonds is 5. The lowest BCUT2D eigenvalue weighted by molar-refractivity contribution is -0.242. The molecule has 0 bridgehead atoms. The van der Waals surface area contributed by atoms with Crippen molar-refractivity contribution in [2.45, 2.75) is 142 Å². The van der Waals surface area contributed by atoms with E-state index in [-0.39, 0.29) is 39.4 Å². The Kier molecular flexibility index (Phi) is 5.68. The van der Waals surface area contributed by atoms with Crippen LogP contribution in [0.5, 0.6) is 0 Å². The lowest BCUT2D eigenvalue weighted by Gasteiger charge is -2.69. The Balaban J connectivity index is 1.47. The molecule has 4 aliphatic carbocycles. The SMILES string of the molecule is C[C@H](C[C@H](O)[C@@H](O)C(C)(C)O)[C@]12CC[C@@]3(C)[C@@]1(C[C@H](O)[C@H]1[C@@]4(C)CCC(=O)C(C)(C)[C@H]4CC[C@@]13C)O2. The Morgan fingerprint density at radius 2 is 1.69 bits per heavy atom. The summed E-state index contributed by atoms with van der Waals surface area (Å²) in [6, 6.07) is 0. The van der Waals surface area contributed by atoms with Crippen LogP contribution in [0.1, 0.15) is 107 Å². The first-order valence-electron chi connectivity index (χ1n) is 14.3. The number of ether oxygens (including phenoxy) is 1. The van der Waals surface area contributed by atoms with Gasteiger partial charge in [0.15, 0.2) is 0 Å². The van der Waals surface area contributed by atoms with Crippen LogP contribution in [-0.4, -0.2) is 61.3 Å². The van der Waals surface area contributed by atoms with Gasteiger partial charge in [-0.15, -0.1) is 0 Å².